The van der Waals surface area contributed by atoms with Gasteiger partial charge in [-0.15, -0.1) is 11.3 Å². The molecule has 0 saturated carbocycles. The van der Waals surface area contributed by atoms with E-state index in [4.69, 9.17) is 4.74 Å². The van der Waals surface area contributed by atoms with E-state index < -0.39 is 11.5 Å². The van der Waals surface area contributed by atoms with E-state index in [1.807, 2.05) is 24.4 Å². The Balaban J connectivity index is 2.52. The zero-order chi connectivity index (χ0) is 17.3. The van der Waals surface area contributed by atoms with E-state index in [0.29, 0.717) is 16.0 Å². The van der Waals surface area contributed by atoms with Crippen molar-refractivity contribution in [1.29, 1.82) is 5.26 Å². The lowest BCUT2D eigenvalue weighted by molar-refractivity contribution is 0.0529. The number of hydrogen-bond acceptors (Lipinski definition) is 5. The van der Waals surface area contributed by atoms with Gasteiger partial charge in [-0.05, 0) is 43.0 Å². The van der Waals surface area contributed by atoms with Crippen LogP contribution < -0.4 is 5.56 Å². The van der Waals surface area contributed by atoms with Crippen molar-refractivity contribution in [2.24, 2.45) is 0 Å². The highest BCUT2D eigenvalue weighted by atomic mass is 32.1. The number of fused-ring (bicyclic) bond motifs is 1. The number of carbonyl (C=O) groups excluding carboxylic acids is 1. The average Bonchev–Trinajstić information content (AvgIpc) is 3.01. The van der Waals surface area contributed by atoms with Gasteiger partial charge in [-0.3, -0.25) is 9.20 Å². The molecular formula is C18H14N2O3S. The topological polar surface area (TPSA) is 71.6 Å². The molecule has 3 rings (SSSR count). The van der Waals surface area contributed by atoms with Crippen molar-refractivity contribution >= 4 is 22.8 Å². The number of esters is 1. The summed E-state index contributed by atoms with van der Waals surface area (Å²) in [6.07, 6.45) is 1.55. The third-order valence-electron chi connectivity index (χ3n) is 3.62. The standard InChI is InChI=1S/C18H14N2O3S/c1-3-23-18(22)16-13-6-4-5-7-20(13)17(21)12(9-19)15(16)14-8-11(2)10-24-14/h4-8,10H,3H2,1-2H3. The van der Waals surface area contributed by atoms with Gasteiger partial charge in [0.15, 0.2) is 0 Å². The van der Waals surface area contributed by atoms with Gasteiger partial charge < -0.3 is 4.74 Å². The van der Waals surface area contributed by atoms with E-state index in [2.05, 4.69) is 0 Å². The van der Waals surface area contributed by atoms with Gasteiger partial charge in [0.1, 0.15) is 11.6 Å². The van der Waals surface area contributed by atoms with Crippen LogP contribution in [0.5, 0.6) is 0 Å². The number of rotatable bonds is 3. The van der Waals surface area contributed by atoms with Gasteiger partial charge >= 0.3 is 5.97 Å². The summed E-state index contributed by atoms with van der Waals surface area (Å²) in [6, 6.07) is 8.93. The Kier molecular flexibility index (Phi) is 4.19. The normalized spacial score (nSPS) is 10.5. The van der Waals surface area contributed by atoms with Gasteiger partial charge in [-0.2, -0.15) is 5.26 Å². The highest BCUT2D eigenvalue weighted by Crippen LogP contribution is 2.34. The molecule has 0 N–H and O–H groups in total. The first kappa shape index (κ1) is 16.0. The monoisotopic (exact) mass is 338 g/mol. The number of nitrogens with zero attached hydrogens (tertiary/aromatic N) is 2. The molecule has 120 valence electrons. The minimum Gasteiger partial charge on any atom is -0.462 e. The van der Waals surface area contributed by atoms with Gasteiger partial charge in [0, 0.05) is 16.6 Å². The molecular weight excluding hydrogens is 324 g/mol. The zero-order valence-corrected chi connectivity index (χ0v) is 14.0. The van der Waals surface area contributed by atoms with Crippen LogP contribution in [0.15, 0.2) is 40.6 Å². The van der Waals surface area contributed by atoms with Crippen molar-refractivity contribution in [2.75, 3.05) is 6.61 Å². The number of aromatic nitrogens is 1. The third-order valence-corrected chi connectivity index (χ3v) is 4.68. The summed E-state index contributed by atoms with van der Waals surface area (Å²) in [5.41, 5.74) is 1.54. The van der Waals surface area contributed by atoms with Crippen molar-refractivity contribution in [3.63, 3.8) is 0 Å². The maximum atomic E-state index is 12.7. The second kappa shape index (κ2) is 6.30. The summed E-state index contributed by atoms with van der Waals surface area (Å²) in [5, 5.41) is 11.5. The molecule has 0 radical (unpaired) electrons. The first-order chi connectivity index (χ1) is 11.6. The summed E-state index contributed by atoms with van der Waals surface area (Å²) in [5.74, 6) is -0.543. The van der Waals surface area contributed by atoms with Crippen LogP contribution in [0.3, 0.4) is 0 Å². The summed E-state index contributed by atoms with van der Waals surface area (Å²) in [7, 11) is 0. The molecule has 0 aliphatic carbocycles. The van der Waals surface area contributed by atoms with Gasteiger partial charge in [0.25, 0.3) is 5.56 Å². The highest BCUT2D eigenvalue weighted by Gasteiger charge is 2.25. The number of pyridine rings is 2. The van der Waals surface area contributed by atoms with Crippen LogP contribution in [-0.2, 0) is 4.74 Å². The molecule has 0 aromatic carbocycles. The predicted molar refractivity (Wildman–Crippen MR) is 92.4 cm³/mol. The predicted octanol–water partition coefficient (Wildman–Crippen LogP) is 3.38. The minimum atomic E-state index is -0.543. The van der Waals surface area contributed by atoms with Crippen LogP contribution in [0, 0.1) is 18.3 Å². The number of hydrogen-bond donors (Lipinski definition) is 0. The van der Waals surface area contributed by atoms with Crippen molar-refractivity contribution < 1.29 is 9.53 Å². The van der Waals surface area contributed by atoms with Crippen LogP contribution in [0.2, 0.25) is 0 Å². The lowest BCUT2D eigenvalue weighted by Gasteiger charge is -2.13. The molecule has 0 aliphatic rings. The van der Waals surface area contributed by atoms with E-state index in [-0.39, 0.29) is 17.7 Å². The summed E-state index contributed by atoms with van der Waals surface area (Å²) >= 11 is 1.39. The maximum Gasteiger partial charge on any atom is 0.340 e. The summed E-state index contributed by atoms with van der Waals surface area (Å²) in [6.45, 7) is 3.85. The number of aryl methyl sites for hydroxylation is 1. The molecule has 3 aromatic heterocycles. The minimum absolute atomic E-state index is 0.0522. The number of thiophene rings is 1. The quantitative estimate of drug-likeness (QED) is 0.686. The smallest absolute Gasteiger partial charge is 0.340 e. The Bertz CT molecular complexity index is 1040. The molecule has 6 heteroatoms. The molecule has 5 nitrogen and oxygen atoms in total. The lowest BCUT2D eigenvalue weighted by Crippen LogP contribution is -2.22. The van der Waals surface area contributed by atoms with Crippen LogP contribution >= 0.6 is 11.3 Å². The van der Waals surface area contributed by atoms with Crippen molar-refractivity contribution in [1.82, 2.24) is 4.40 Å². The lowest BCUT2D eigenvalue weighted by atomic mass is 10.00. The molecule has 0 bridgehead atoms. The van der Waals surface area contributed by atoms with E-state index in [1.54, 1.807) is 31.3 Å². The Morgan fingerprint density at radius 2 is 2.21 bits per heavy atom. The average molecular weight is 338 g/mol. The van der Waals surface area contributed by atoms with Crippen LogP contribution in [0.4, 0.5) is 0 Å². The van der Waals surface area contributed by atoms with E-state index in [1.165, 1.54) is 15.7 Å². The number of nitriles is 1. The Hall–Kier alpha value is -2.91. The van der Waals surface area contributed by atoms with Gasteiger partial charge in [0.05, 0.1) is 17.7 Å². The SMILES string of the molecule is CCOC(=O)c1c(-c2cc(C)cs2)c(C#N)c(=O)n2ccccc12. The molecule has 3 aromatic rings. The third kappa shape index (κ3) is 2.49. The highest BCUT2D eigenvalue weighted by molar-refractivity contribution is 7.13. The molecule has 0 spiro atoms. The molecule has 3 heterocycles. The van der Waals surface area contributed by atoms with Crippen molar-refractivity contribution in [2.45, 2.75) is 13.8 Å². The van der Waals surface area contributed by atoms with Gasteiger partial charge in [0.2, 0.25) is 0 Å². The molecule has 0 amide bonds. The molecule has 0 fully saturated rings. The second-order valence-corrected chi connectivity index (χ2v) is 6.12. The van der Waals surface area contributed by atoms with E-state index >= 15 is 0 Å². The molecule has 0 aliphatic heterocycles. The van der Waals surface area contributed by atoms with E-state index in [9.17, 15) is 14.9 Å². The van der Waals surface area contributed by atoms with Crippen molar-refractivity contribution in [3.05, 3.63) is 62.9 Å². The summed E-state index contributed by atoms with van der Waals surface area (Å²) < 4.78 is 6.50. The molecule has 24 heavy (non-hydrogen) atoms. The van der Waals surface area contributed by atoms with Crippen molar-refractivity contribution in [3.8, 4) is 16.5 Å². The number of carbonyl (C=O) groups is 1. The number of ether oxygens (including phenoxy) is 1. The van der Waals surface area contributed by atoms with Gasteiger partial charge in [-0.1, -0.05) is 6.07 Å². The van der Waals surface area contributed by atoms with Crippen LogP contribution in [0.1, 0.15) is 28.4 Å². The first-order valence-electron chi connectivity index (χ1n) is 7.38. The fourth-order valence-electron chi connectivity index (χ4n) is 2.63. The maximum absolute atomic E-state index is 12.7. The second-order valence-electron chi connectivity index (χ2n) is 5.21. The van der Waals surface area contributed by atoms with Crippen LogP contribution in [0.25, 0.3) is 16.0 Å². The Morgan fingerprint density at radius 1 is 1.42 bits per heavy atom. The van der Waals surface area contributed by atoms with Gasteiger partial charge in [-0.25, -0.2) is 4.79 Å². The fraction of sp³-hybridized carbons (Fsp3) is 0.167. The van der Waals surface area contributed by atoms with E-state index in [0.717, 1.165) is 5.56 Å². The summed E-state index contributed by atoms with van der Waals surface area (Å²) in [4.78, 5) is 26.0. The Morgan fingerprint density at radius 3 is 2.83 bits per heavy atom. The van der Waals surface area contributed by atoms with Crippen LogP contribution in [-0.4, -0.2) is 17.0 Å². The molecule has 0 atom stereocenters. The zero-order valence-electron chi connectivity index (χ0n) is 13.2. The Labute approximate surface area is 142 Å². The largest absolute Gasteiger partial charge is 0.462 e. The molecule has 0 saturated heterocycles. The molecule has 0 unspecified atom stereocenters. The first-order valence-corrected chi connectivity index (χ1v) is 8.26. The fourth-order valence-corrected chi connectivity index (χ4v) is 3.58.